The minimum absolute atomic E-state index is 0.408. The molecule has 18 heavy (non-hydrogen) atoms. The zero-order chi connectivity index (χ0) is 12.5. The molecule has 3 N–H and O–H groups in total. The molecular formula is C14H24N4. The highest BCUT2D eigenvalue weighted by Crippen LogP contribution is 2.57. The number of nitrogens with two attached hydrogens (primary N) is 1. The van der Waals surface area contributed by atoms with Gasteiger partial charge in [0.1, 0.15) is 5.82 Å². The third-order valence-electron chi connectivity index (χ3n) is 4.95. The molecule has 3 atom stereocenters. The van der Waals surface area contributed by atoms with Crippen LogP contribution in [0.5, 0.6) is 0 Å². The van der Waals surface area contributed by atoms with Crippen LogP contribution in [-0.2, 0) is 13.0 Å². The Labute approximate surface area is 109 Å². The van der Waals surface area contributed by atoms with E-state index in [-0.39, 0.29) is 0 Å². The molecule has 0 bridgehead atoms. The molecule has 2 saturated carbocycles. The Kier molecular flexibility index (Phi) is 3.39. The SMILES string of the molecule is CCn1ccnc1CC(NN)C1C2CCCCC21. The van der Waals surface area contributed by atoms with Gasteiger partial charge in [-0.25, -0.2) is 4.98 Å². The number of nitrogens with zero attached hydrogens (tertiary/aromatic N) is 2. The summed E-state index contributed by atoms with van der Waals surface area (Å²) in [5.41, 5.74) is 3.06. The summed E-state index contributed by atoms with van der Waals surface area (Å²) >= 11 is 0. The van der Waals surface area contributed by atoms with Crippen LogP contribution in [0.2, 0.25) is 0 Å². The summed E-state index contributed by atoms with van der Waals surface area (Å²) < 4.78 is 2.22. The molecule has 0 radical (unpaired) electrons. The van der Waals surface area contributed by atoms with Gasteiger partial charge in [-0.05, 0) is 37.5 Å². The van der Waals surface area contributed by atoms with Crippen LogP contribution in [0.3, 0.4) is 0 Å². The predicted molar refractivity (Wildman–Crippen MR) is 71.7 cm³/mol. The summed E-state index contributed by atoms with van der Waals surface area (Å²) in [4.78, 5) is 4.47. The summed E-state index contributed by atoms with van der Waals surface area (Å²) in [6, 6.07) is 0.408. The molecule has 0 aromatic carbocycles. The van der Waals surface area contributed by atoms with Crippen molar-refractivity contribution in [2.24, 2.45) is 23.6 Å². The Morgan fingerprint density at radius 1 is 1.44 bits per heavy atom. The second-order valence-electron chi connectivity index (χ2n) is 5.80. The van der Waals surface area contributed by atoms with E-state index in [1.165, 1.54) is 31.5 Å². The lowest BCUT2D eigenvalue weighted by Gasteiger charge is -2.16. The molecule has 100 valence electrons. The van der Waals surface area contributed by atoms with Crippen LogP contribution < -0.4 is 11.3 Å². The number of hydrogen-bond donors (Lipinski definition) is 2. The largest absolute Gasteiger partial charge is 0.335 e. The van der Waals surface area contributed by atoms with Crippen molar-refractivity contribution in [2.75, 3.05) is 0 Å². The molecule has 2 aliphatic carbocycles. The standard InChI is InChI=1S/C14H24N4/c1-2-18-8-7-16-13(18)9-12(17-15)14-10-5-3-4-6-11(10)14/h7-8,10-12,14,17H,2-6,9,15H2,1H3. The van der Waals surface area contributed by atoms with E-state index < -0.39 is 0 Å². The average molecular weight is 248 g/mol. The Hall–Kier alpha value is -0.870. The number of hydrogen-bond acceptors (Lipinski definition) is 3. The molecule has 4 heteroatoms. The van der Waals surface area contributed by atoms with E-state index in [1.807, 2.05) is 6.20 Å². The van der Waals surface area contributed by atoms with Crippen molar-refractivity contribution >= 4 is 0 Å². The van der Waals surface area contributed by atoms with Crippen molar-refractivity contribution in [1.29, 1.82) is 0 Å². The maximum absolute atomic E-state index is 5.79. The topological polar surface area (TPSA) is 55.9 Å². The fourth-order valence-electron chi connectivity index (χ4n) is 3.97. The van der Waals surface area contributed by atoms with Gasteiger partial charge in [-0.1, -0.05) is 12.8 Å². The molecule has 4 nitrogen and oxygen atoms in total. The number of nitrogens with one attached hydrogen (secondary N) is 1. The number of aromatic nitrogens is 2. The maximum Gasteiger partial charge on any atom is 0.110 e. The van der Waals surface area contributed by atoms with Gasteiger partial charge in [-0.15, -0.1) is 0 Å². The molecule has 1 aromatic rings. The van der Waals surface area contributed by atoms with Gasteiger partial charge < -0.3 is 4.57 Å². The van der Waals surface area contributed by atoms with Crippen LogP contribution in [0.4, 0.5) is 0 Å². The maximum atomic E-state index is 5.79. The third-order valence-corrected chi connectivity index (χ3v) is 4.95. The molecule has 2 aliphatic rings. The van der Waals surface area contributed by atoms with Crippen molar-refractivity contribution in [3.63, 3.8) is 0 Å². The zero-order valence-corrected chi connectivity index (χ0v) is 11.2. The highest BCUT2D eigenvalue weighted by molar-refractivity contribution is 5.07. The van der Waals surface area contributed by atoms with Gasteiger partial charge in [0.25, 0.3) is 0 Å². The van der Waals surface area contributed by atoms with Gasteiger partial charge in [0.05, 0.1) is 0 Å². The van der Waals surface area contributed by atoms with Crippen LogP contribution in [0.15, 0.2) is 12.4 Å². The number of fused-ring (bicyclic) bond motifs is 1. The van der Waals surface area contributed by atoms with E-state index in [0.717, 1.165) is 30.7 Å². The lowest BCUT2D eigenvalue weighted by atomic mass is 10.0. The number of rotatable bonds is 5. The Morgan fingerprint density at radius 3 is 2.78 bits per heavy atom. The lowest BCUT2D eigenvalue weighted by Crippen LogP contribution is -2.40. The lowest BCUT2D eigenvalue weighted by molar-refractivity contribution is 0.423. The minimum Gasteiger partial charge on any atom is -0.335 e. The van der Waals surface area contributed by atoms with Crippen molar-refractivity contribution in [3.8, 4) is 0 Å². The van der Waals surface area contributed by atoms with Crippen LogP contribution in [0.25, 0.3) is 0 Å². The number of imidazole rings is 1. The third kappa shape index (κ3) is 2.08. The van der Waals surface area contributed by atoms with Gasteiger partial charge in [-0.2, -0.15) is 0 Å². The molecule has 2 fully saturated rings. The van der Waals surface area contributed by atoms with Crippen molar-refractivity contribution < 1.29 is 0 Å². The van der Waals surface area contributed by atoms with Gasteiger partial charge in [-0.3, -0.25) is 11.3 Å². The highest BCUT2D eigenvalue weighted by atomic mass is 15.2. The summed E-state index contributed by atoms with van der Waals surface area (Å²) in [5.74, 6) is 9.62. The van der Waals surface area contributed by atoms with E-state index in [9.17, 15) is 0 Å². The first-order valence-electron chi connectivity index (χ1n) is 7.31. The Balaban J connectivity index is 1.67. The van der Waals surface area contributed by atoms with Gasteiger partial charge in [0, 0.05) is 31.4 Å². The first-order valence-corrected chi connectivity index (χ1v) is 7.31. The average Bonchev–Trinajstić information content (AvgIpc) is 2.96. The molecular weight excluding hydrogens is 224 g/mol. The van der Waals surface area contributed by atoms with Crippen LogP contribution in [0, 0.1) is 17.8 Å². The van der Waals surface area contributed by atoms with E-state index >= 15 is 0 Å². The predicted octanol–water partition coefficient (Wildman–Crippen LogP) is 1.71. The first kappa shape index (κ1) is 12.2. The van der Waals surface area contributed by atoms with E-state index in [0.29, 0.717) is 6.04 Å². The monoisotopic (exact) mass is 248 g/mol. The second-order valence-corrected chi connectivity index (χ2v) is 5.80. The number of aryl methyl sites for hydroxylation is 1. The Morgan fingerprint density at radius 2 is 2.17 bits per heavy atom. The molecule has 0 amide bonds. The van der Waals surface area contributed by atoms with Crippen molar-refractivity contribution in [1.82, 2.24) is 15.0 Å². The van der Waals surface area contributed by atoms with Crippen LogP contribution in [0.1, 0.15) is 38.4 Å². The molecule has 0 saturated heterocycles. The molecule has 3 rings (SSSR count). The van der Waals surface area contributed by atoms with Gasteiger partial charge in [0.2, 0.25) is 0 Å². The number of hydrazine groups is 1. The first-order chi connectivity index (χ1) is 8.85. The molecule has 1 heterocycles. The molecule has 0 spiro atoms. The summed E-state index contributed by atoms with van der Waals surface area (Å²) in [6.07, 6.45) is 10.6. The molecule has 0 aliphatic heterocycles. The normalized spacial score (nSPS) is 32.0. The van der Waals surface area contributed by atoms with Crippen molar-refractivity contribution in [3.05, 3.63) is 18.2 Å². The van der Waals surface area contributed by atoms with Crippen LogP contribution >= 0.6 is 0 Å². The summed E-state index contributed by atoms with van der Waals surface area (Å²) in [6.45, 7) is 3.15. The van der Waals surface area contributed by atoms with Crippen LogP contribution in [-0.4, -0.2) is 15.6 Å². The quantitative estimate of drug-likeness (QED) is 0.616. The minimum atomic E-state index is 0.408. The van der Waals surface area contributed by atoms with E-state index in [2.05, 4.69) is 28.1 Å². The highest BCUT2D eigenvalue weighted by Gasteiger charge is 2.53. The summed E-state index contributed by atoms with van der Waals surface area (Å²) in [5, 5.41) is 0. The zero-order valence-electron chi connectivity index (χ0n) is 11.2. The second kappa shape index (κ2) is 5.02. The summed E-state index contributed by atoms with van der Waals surface area (Å²) in [7, 11) is 0. The van der Waals surface area contributed by atoms with E-state index in [1.54, 1.807) is 0 Å². The van der Waals surface area contributed by atoms with Gasteiger partial charge >= 0.3 is 0 Å². The Bertz CT molecular complexity index is 388. The van der Waals surface area contributed by atoms with Gasteiger partial charge in [0.15, 0.2) is 0 Å². The smallest absolute Gasteiger partial charge is 0.110 e. The molecule has 3 unspecified atom stereocenters. The van der Waals surface area contributed by atoms with Crippen molar-refractivity contribution in [2.45, 2.75) is 51.6 Å². The fraction of sp³-hybridized carbons (Fsp3) is 0.786. The fourth-order valence-corrected chi connectivity index (χ4v) is 3.97. The van der Waals surface area contributed by atoms with E-state index in [4.69, 9.17) is 5.84 Å². The molecule has 1 aromatic heterocycles.